The van der Waals surface area contributed by atoms with E-state index in [0.29, 0.717) is 5.02 Å². The summed E-state index contributed by atoms with van der Waals surface area (Å²) in [7, 11) is 0. The van der Waals surface area contributed by atoms with Crippen LogP contribution in [-0.2, 0) is 4.79 Å². The minimum absolute atomic E-state index is 0.136. The molecule has 3 aromatic carbocycles. The fourth-order valence-electron chi connectivity index (χ4n) is 2.95. The molecule has 0 spiro atoms. The number of carbonyl (C=O) groups is 2. The molecule has 27 heavy (non-hydrogen) atoms. The topological polar surface area (TPSA) is 81.4 Å². The van der Waals surface area contributed by atoms with Crippen molar-refractivity contribution in [1.82, 2.24) is 5.32 Å². The highest BCUT2D eigenvalue weighted by Crippen LogP contribution is 2.25. The molecule has 138 valence electrons. The molecule has 0 radical (unpaired) electrons. The molecule has 0 aliphatic carbocycles. The average molecular weight is 383 g/mol. The molecule has 3 N–H and O–H groups in total. The lowest BCUT2D eigenvalue weighted by Crippen LogP contribution is -2.31. The highest BCUT2D eigenvalue weighted by Gasteiger charge is 2.15. The number of nitrogens with one attached hydrogen (secondary N) is 1. The number of fused-ring (bicyclic) bond motifs is 1. The maximum absolute atomic E-state index is 12.3. The molecule has 5 nitrogen and oxygen atoms in total. The van der Waals surface area contributed by atoms with Crippen LogP contribution in [0.15, 0.2) is 60.7 Å². The first-order valence-electron chi connectivity index (χ1n) is 8.45. The van der Waals surface area contributed by atoms with Gasteiger partial charge in [-0.05, 0) is 41.5 Å². The smallest absolute Gasteiger partial charge is 0.258 e. The van der Waals surface area contributed by atoms with Gasteiger partial charge in [0.15, 0.2) is 6.61 Å². The van der Waals surface area contributed by atoms with Gasteiger partial charge in [-0.2, -0.15) is 0 Å². The van der Waals surface area contributed by atoms with Crippen LogP contribution in [0.5, 0.6) is 5.75 Å². The number of ether oxygens (including phenoxy) is 1. The van der Waals surface area contributed by atoms with E-state index in [9.17, 15) is 9.59 Å². The number of amides is 2. The predicted octanol–water partition coefficient (Wildman–Crippen LogP) is 3.85. The average Bonchev–Trinajstić information content (AvgIpc) is 2.66. The third-order valence-corrected chi connectivity index (χ3v) is 4.47. The van der Waals surface area contributed by atoms with Crippen molar-refractivity contribution in [3.05, 3.63) is 76.8 Å². The Kier molecular flexibility index (Phi) is 5.62. The molecular formula is C21H19ClN2O3. The van der Waals surface area contributed by atoms with E-state index in [1.165, 1.54) is 12.1 Å². The molecule has 6 heteroatoms. The summed E-state index contributed by atoms with van der Waals surface area (Å²) in [5, 5.41) is 5.47. The Labute approximate surface area is 162 Å². The van der Waals surface area contributed by atoms with Crippen molar-refractivity contribution >= 4 is 34.2 Å². The lowest BCUT2D eigenvalue weighted by molar-refractivity contribution is -0.123. The van der Waals surface area contributed by atoms with E-state index < -0.39 is 5.91 Å². The third-order valence-electron chi connectivity index (χ3n) is 4.23. The van der Waals surface area contributed by atoms with Crippen molar-refractivity contribution < 1.29 is 14.3 Å². The molecule has 0 aliphatic heterocycles. The maximum atomic E-state index is 12.3. The summed E-state index contributed by atoms with van der Waals surface area (Å²) in [6, 6.07) is 18.3. The molecule has 3 rings (SSSR count). The number of carbonyl (C=O) groups excluding carboxylic acids is 2. The Morgan fingerprint density at radius 3 is 2.63 bits per heavy atom. The lowest BCUT2D eigenvalue weighted by atomic mass is 10.00. The molecular weight excluding hydrogens is 364 g/mol. The Morgan fingerprint density at radius 1 is 1.11 bits per heavy atom. The molecule has 0 unspecified atom stereocenters. The van der Waals surface area contributed by atoms with E-state index in [0.717, 1.165) is 16.3 Å². The van der Waals surface area contributed by atoms with Crippen LogP contribution in [0.2, 0.25) is 5.02 Å². The third kappa shape index (κ3) is 4.38. The molecule has 0 saturated heterocycles. The second-order valence-electron chi connectivity index (χ2n) is 6.15. The minimum Gasteiger partial charge on any atom is -0.483 e. The van der Waals surface area contributed by atoms with Gasteiger partial charge in [0.25, 0.3) is 11.8 Å². The molecule has 3 aromatic rings. The van der Waals surface area contributed by atoms with E-state index in [-0.39, 0.29) is 29.9 Å². The van der Waals surface area contributed by atoms with Crippen molar-refractivity contribution in [3.63, 3.8) is 0 Å². The van der Waals surface area contributed by atoms with Gasteiger partial charge in [0.2, 0.25) is 0 Å². The number of benzene rings is 3. The summed E-state index contributed by atoms with van der Waals surface area (Å²) >= 11 is 5.87. The largest absolute Gasteiger partial charge is 0.483 e. The minimum atomic E-state index is -0.669. The first-order chi connectivity index (χ1) is 13.0. The lowest BCUT2D eigenvalue weighted by Gasteiger charge is -2.17. The summed E-state index contributed by atoms with van der Waals surface area (Å²) in [4.78, 5) is 23.8. The molecule has 0 fully saturated rings. The van der Waals surface area contributed by atoms with Gasteiger partial charge in [0.05, 0.1) is 11.6 Å². The SMILES string of the molecule is C[C@H](NC(=O)COc1ccc(Cl)cc1C(N)=O)c1cccc2ccccc12. The van der Waals surface area contributed by atoms with Gasteiger partial charge in [0, 0.05) is 5.02 Å². The van der Waals surface area contributed by atoms with E-state index in [1.807, 2.05) is 49.4 Å². The number of hydrogen-bond acceptors (Lipinski definition) is 3. The number of halogens is 1. The molecule has 0 aliphatic rings. The fraction of sp³-hybridized carbons (Fsp3) is 0.143. The number of hydrogen-bond donors (Lipinski definition) is 2. The Balaban J connectivity index is 1.68. The van der Waals surface area contributed by atoms with Gasteiger partial charge >= 0.3 is 0 Å². The molecule has 1 atom stereocenters. The predicted molar refractivity (Wildman–Crippen MR) is 106 cm³/mol. The summed E-state index contributed by atoms with van der Waals surface area (Å²) in [6.07, 6.45) is 0. The van der Waals surface area contributed by atoms with E-state index in [2.05, 4.69) is 5.32 Å². The summed E-state index contributed by atoms with van der Waals surface area (Å²) in [5.74, 6) is -0.752. The van der Waals surface area contributed by atoms with Crippen LogP contribution in [0.3, 0.4) is 0 Å². The summed E-state index contributed by atoms with van der Waals surface area (Å²) in [5.41, 5.74) is 6.48. The Morgan fingerprint density at radius 2 is 1.85 bits per heavy atom. The maximum Gasteiger partial charge on any atom is 0.258 e. The Bertz CT molecular complexity index is 998. The van der Waals surface area contributed by atoms with Crippen LogP contribution in [-0.4, -0.2) is 18.4 Å². The van der Waals surface area contributed by atoms with Crippen molar-refractivity contribution in [2.45, 2.75) is 13.0 Å². The number of rotatable bonds is 6. The van der Waals surface area contributed by atoms with Crippen LogP contribution in [0, 0.1) is 0 Å². The van der Waals surface area contributed by atoms with Crippen molar-refractivity contribution in [3.8, 4) is 5.75 Å². The van der Waals surface area contributed by atoms with Gasteiger partial charge in [-0.15, -0.1) is 0 Å². The first kappa shape index (κ1) is 18.7. The number of nitrogens with two attached hydrogens (primary N) is 1. The quantitative estimate of drug-likeness (QED) is 0.679. The van der Waals surface area contributed by atoms with Crippen molar-refractivity contribution in [2.24, 2.45) is 5.73 Å². The molecule has 0 bridgehead atoms. The van der Waals surface area contributed by atoms with Crippen molar-refractivity contribution in [1.29, 1.82) is 0 Å². The summed E-state index contributed by atoms with van der Waals surface area (Å²) in [6.45, 7) is 1.67. The highest BCUT2D eigenvalue weighted by molar-refractivity contribution is 6.31. The van der Waals surface area contributed by atoms with Gasteiger partial charge in [-0.1, -0.05) is 54.1 Å². The van der Waals surface area contributed by atoms with Crippen LogP contribution in [0.4, 0.5) is 0 Å². The second kappa shape index (κ2) is 8.10. The van der Waals surface area contributed by atoms with Gasteiger partial charge in [-0.25, -0.2) is 0 Å². The summed E-state index contributed by atoms with van der Waals surface area (Å²) < 4.78 is 5.47. The first-order valence-corrected chi connectivity index (χ1v) is 8.82. The van der Waals surface area contributed by atoms with Gasteiger partial charge < -0.3 is 15.8 Å². The van der Waals surface area contributed by atoms with Crippen LogP contribution in [0.25, 0.3) is 10.8 Å². The zero-order valence-corrected chi connectivity index (χ0v) is 15.5. The molecule has 2 amide bonds. The van der Waals surface area contributed by atoms with Crippen LogP contribution < -0.4 is 15.8 Å². The van der Waals surface area contributed by atoms with Crippen LogP contribution >= 0.6 is 11.6 Å². The number of primary amides is 1. The zero-order valence-electron chi connectivity index (χ0n) is 14.7. The molecule has 0 aromatic heterocycles. The normalized spacial score (nSPS) is 11.8. The Hall–Kier alpha value is -3.05. The fourth-order valence-corrected chi connectivity index (χ4v) is 3.12. The van der Waals surface area contributed by atoms with Crippen LogP contribution in [0.1, 0.15) is 28.9 Å². The van der Waals surface area contributed by atoms with E-state index >= 15 is 0 Å². The highest BCUT2D eigenvalue weighted by atomic mass is 35.5. The second-order valence-corrected chi connectivity index (χ2v) is 6.59. The van der Waals surface area contributed by atoms with E-state index in [1.54, 1.807) is 6.07 Å². The van der Waals surface area contributed by atoms with Gasteiger partial charge in [-0.3, -0.25) is 9.59 Å². The standard InChI is InChI=1S/C21H19ClN2O3/c1-13(16-8-4-6-14-5-2-3-7-17(14)16)24-20(25)12-27-19-10-9-15(22)11-18(19)21(23)26/h2-11,13H,12H2,1H3,(H2,23,26)(H,24,25)/t13-/m0/s1. The van der Waals surface area contributed by atoms with Crippen molar-refractivity contribution in [2.75, 3.05) is 6.61 Å². The monoisotopic (exact) mass is 382 g/mol. The zero-order chi connectivity index (χ0) is 19.4. The molecule has 0 heterocycles. The van der Waals surface area contributed by atoms with E-state index in [4.69, 9.17) is 22.1 Å². The van der Waals surface area contributed by atoms with Gasteiger partial charge in [0.1, 0.15) is 5.75 Å². The molecule has 0 saturated carbocycles.